The van der Waals surface area contributed by atoms with Gasteiger partial charge in [0.05, 0.1) is 13.7 Å². The zero-order chi connectivity index (χ0) is 14.3. The van der Waals surface area contributed by atoms with Crippen LogP contribution >= 0.6 is 0 Å². The molecule has 0 bridgehead atoms. The number of carbonyl (C=O) groups is 2. The molecule has 2 atom stereocenters. The van der Waals surface area contributed by atoms with Crippen LogP contribution in [0.5, 0.6) is 0 Å². The summed E-state index contributed by atoms with van der Waals surface area (Å²) in [6.45, 7) is -0.538. The lowest BCUT2D eigenvalue weighted by Gasteiger charge is -2.19. The highest BCUT2D eigenvalue weighted by atomic mass is 16.5. The molecule has 0 fully saturated rings. The standard InChI is InChI=1S/C13H17NO5/c1-18-11(9-6-4-3-5-7-9)12(16)14-10(8-15)13(17)19-2/h3-7,10-11,15H,8H2,1-2H3,(H,14,16). The van der Waals surface area contributed by atoms with Gasteiger partial charge in [0.2, 0.25) is 0 Å². The first-order valence-electron chi connectivity index (χ1n) is 5.70. The molecule has 104 valence electrons. The maximum atomic E-state index is 12.0. The van der Waals surface area contributed by atoms with Gasteiger partial charge in [0.1, 0.15) is 0 Å². The van der Waals surface area contributed by atoms with Crippen LogP contribution in [0.15, 0.2) is 30.3 Å². The molecule has 0 aromatic heterocycles. The Morgan fingerprint density at radius 2 is 1.89 bits per heavy atom. The highest BCUT2D eigenvalue weighted by molar-refractivity contribution is 5.87. The van der Waals surface area contributed by atoms with Crippen LogP contribution in [0.3, 0.4) is 0 Å². The topological polar surface area (TPSA) is 84.9 Å². The fraction of sp³-hybridized carbons (Fsp3) is 0.385. The van der Waals surface area contributed by atoms with Gasteiger partial charge in [-0.05, 0) is 5.56 Å². The fourth-order valence-electron chi connectivity index (χ4n) is 1.59. The smallest absolute Gasteiger partial charge is 0.330 e. The number of hydrogen-bond donors (Lipinski definition) is 2. The minimum atomic E-state index is -1.10. The minimum Gasteiger partial charge on any atom is -0.467 e. The number of hydrogen-bond acceptors (Lipinski definition) is 5. The molecule has 6 heteroatoms. The van der Waals surface area contributed by atoms with Crippen molar-refractivity contribution in [3.8, 4) is 0 Å². The van der Waals surface area contributed by atoms with Gasteiger partial charge in [-0.25, -0.2) is 4.79 Å². The summed E-state index contributed by atoms with van der Waals surface area (Å²) in [6, 6.07) is 7.74. The van der Waals surface area contributed by atoms with E-state index in [0.717, 1.165) is 0 Å². The largest absolute Gasteiger partial charge is 0.467 e. The molecule has 2 unspecified atom stereocenters. The zero-order valence-corrected chi connectivity index (χ0v) is 10.8. The molecule has 0 aliphatic heterocycles. The number of esters is 1. The van der Waals surface area contributed by atoms with Crippen molar-refractivity contribution >= 4 is 11.9 Å². The highest BCUT2D eigenvalue weighted by Gasteiger charge is 2.26. The third-order valence-electron chi connectivity index (χ3n) is 2.56. The van der Waals surface area contributed by atoms with Gasteiger partial charge in [0, 0.05) is 7.11 Å². The zero-order valence-electron chi connectivity index (χ0n) is 10.8. The van der Waals surface area contributed by atoms with Crippen molar-refractivity contribution in [2.75, 3.05) is 20.8 Å². The van der Waals surface area contributed by atoms with E-state index in [-0.39, 0.29) is 0 Å². The SMILES string of the molecule is COC(=O)C(CO)NC(=O)C(OC)c1ccccc1. The Balaban J connectivity index is 2.77. The molecule has 0 aliphatic carbocycles. The Bertz CT molecular complexity index is 420. The second kappa shape index (κ2) is 7.50. The van der Waals surface area contributed by atoms with Crippen molar-refractivity contribution in [2.24, 2.45) is 0 Å². The average molecular weight is 267 g/mol. The first-order chi connectivity index (χ1) is 9.13. The highest BCUT2D eigenvalue weighted by Crippen LogP contribution is 2.16. The normalized spacial score (nSPS) is 13.4. The fourth-order valence-corrected chi connectivity index (χ4v) is 1.59. The van der Waals surface area contributed by atoms with E-state index in [1.165, 1.54) is 14.2 Å². The van der Waals surface area contributed by atoms with E-state index in [0.29, 0.717) is 5.56 Å². The summed E-state index contributed by atoms with van der Waals surface area (Å²) in [4.78, 5) is 23.3. The monoisotopic (exact) mass is 267 g/mol. The van der Waals surface area contributed by atoms with Crippen LogP contribution in [0, 0.1) is 0 Å². The number of ether oxygens (including phenoxy) is 2. The van der Waals surface area contributed by atoms with Crippen LogP contribution in [-0.2, 0) is 19.1 Å². The van der Waals surface area contributed by atoms with E-state index in [2.05, 4.69) is 10.1 Å². The summed E-state index contributed by atoms with van der Waals surface area (Å²) >= 11 is 0. The molecule has 1 amide bonds. The number of aliphatic hydroxyl groups is 1. The Kier molecular flexibility index (Phi) is 5.98. The molecule has 0 heterocycles. The van der Waals surface area contributed by atoms with E-state index >= 15 is 0 Å². The molecule has 2 N–H and O–H groups in total. The summed E-state index contributed by atoms with van der Waals surface area (Å²) in [5.41, 5.74) is 0.657. The van der Waals surface area contributed by atoms with Crippen molar-refractivity contribution < 1.29 is 24.2 Å². The molecular formula is C13H17NO5. The van der Waals surface area contributed by atoms with E-state index in [4.69, 9.17) is 9.84 Å². The predicted octanol–water partition coefficient (Wildman–Crippen LogP) is 0.0242. The van der Waals surface area contributed by atoms with Crippen molar-refractivity contribution in [3.63, 3.8) is 0 Å². The lowest BCUT2D eigenvalue weighted by atomic mass is 10.1. The Labute approximate surface area is 111 Å². The summed E-state index contributed by atoms with van der Waals surface area (Å²) < 4.78 is 9.58. The molecular weight excluding hydrogens is 250 g/mol. The predicted molar refractivity (Wildman–Crippen MR) is 67.2 cm³/mol. The third kappa shape index (κ3) is 4.04. The van der Waals surface area contributed by atoms with Crippen LogP contribution in [-0.4, -0.2) is 43.9 Å². The Morgan fingerprint density at radius 1 is 1.26 bits per heavy atom. The summed E-state index contributed by atoms with van der Waals surface area (Å²) in [6.07, 6.45) is -0.847. The number of benzene rings is 1. The van der Waals surface area contributed by atoms with Crippen LogP contribution in [0.2, 0.25) is 0 Å². The molecule has 0 spiro atoms. The maximum absolute atomic E-state index is 12.0. The van der Waals surface area contributed by atoms with Crippen LogP contribution in [0.25, 0.3) is 0 Å². The molecule has 0 aliphatic rings. The van der Waals surface area contributed by atoms with E-state index in [1.807, 2.05) is 6.07 Å². The van der Waals surface area contributed by atoms with E-state index in [1.54, 1.807) is 24.3 Å². The van der Waals surface area contributed by atoms with Gasteiger partial charge in [-0.15, -0.1) is 0 Å². The van der Waals surface area contributed by atoms with Gasteiger partial charge in [-0.1, -0.05) is 30.3 Å². The van der Waals surface area contributed by atoms with Gasteiger partial charge < -0.3 is 19.9 Å². The van der Waals surface area contributed by atoms with Gasteiger partial charge >= 0.3 is 5.97 Å². The second-order valence-electron chi connectivity index (χ2n) is 3.79. The quantitative estimate of drug-likeness (QED) is 0.710. The molecule has 0 saturated carbocycles. The summed E-state index contributed by atoms with van der Waals surface area (Å²) in [5, 5.41) is 11.4. The van der Waals surface area contributed by atoms with Crippen LogP contribution < -0.4 is 5.32 Å². The number of amides is 1. The number of aliphatic hydroxyl groups excluding tert-OH is 1. The summed E-state index contributed by atoms with van der Waals surface area (Å²) in [7, 11) is 2.57. The lowest BCUT2D eigenvalue weighted by Crippen LogP contribution is -2.46. The Hall–Kier alpha value is -1.92. The first kappa shape index (κ1) is 15.1. The average Bonchev–Trinajstić information content (AvgIpc) is 2.45. The van der Waals surface area contributed by atoms with Crippen LogP contribution in [0.4, 0.5) is 0 Å². The molecule has 19 heavy (non-hydrogen) atoms. The van der Waals surface area contributed by atoms with Gasteiger partial charge in [0.15, 0.2) is 12.1 Å². The molecule has 1 aromatic rings. The number of methoxy groups -OCH3 is 2. The molecule has 1 rings (SSSR count). The van der Waals surface area contributed by atoms with Crippen molar-refractivity contribution in [1.82, 2.24) is 5.32 Å². The number of nitrogens with one attached hydrogen (secondary N) is 1. The number of rotatable bonds is 6. The second-order valence-corrected chi connectivity index (χ2v) is 3.79. The number of carbonyl (C=O) groups excluding carboxylic acids is 2. The minimum absolute atomic E-state index is 0.516. The maximum Gasteiger partial charge on any atom is 0.330 e. The van der Waals surface area contributed by atoms with E-state index < -0.39 is 30.6 Å². The molecule has 1 aromatic carbocycles. The summed E-state index contributed by atoms with van der Waals surface area (Å²) in [5.74, 6) is -1.23. The Morgan fingerprint density at radius 3 is 2.37 bits per heavy atom. The molecule has 6 nitrogen and oxygen atoms in total. The van der Waals surface area contributed by atoms with Gasteiger partial charge in [0.25, 0.3) is 5.91 Å². The lowest BCUT2D eigenvalue weighted by molar-refractivity contribution is -0.147. The van der Waals surface area contributed by atoms with Crippen molar-refractivity contribution in [1.29, 1.82) is 0 Å². The third-order valence-corrected chi connectivity index (χ3v) is 2.56. The molecule has 0 radical (unpaired) electrons. The molecule has 0 saturated heterocycles. The van der Waals surface area contributed by atoms with Crippen molar-refractivity contribution in [3.05, 3.63) is 35.9 Å². The van der Waals surface area contributed by atoms with Gasteiger partial charge in [-0.3, -0.25) is 4.79 Å². The van der Waals surface area contributed by atoms with Crippen LogP contribution in [0.1, 0.15) is 11.7 Å². The van der Waals surface area contributed by atoms with Crippen molar-refractivity contribution in [2.45, 2.75) is 12.1 Å². The van der Waals surface area contributed by atoms with Gasteiger partial charge in [-0.2, -0.15) is 0 Å². The first-order valence-corrected chi connectivity index (χ1v) is 5.70. The van der Waals surface area contributed by atoms with E-state index in [9.17, 15) is 9.59 Å².